The average Bonchev–Trinajstić information content (AvgIpc) is 3.21. The maximum atomic E-state index is 12.8. The molecule has 4 rings (SSSR count). The molecule has 0 bridgehead atoms. The van der Waals surface area contributed by atoms with Gasteiger partial charge in [0, 0.05) is 12.2 Å². The van der Waals surface area contributed by atoms with Crippen molar-refractivity contribution >= 4 is 22.7 Å². The number of aromatic nitrogens is 5. The average molecular weight is 326 g/mol. The zero-order valence-corrected chi connectivity index (χ0v) is 13.4. The van der Waals surface area contributed by atoms with Gasteiger partial charge < -0.3 is 5.32 Å². The Hall–Kier alpha value is -2.77. The van der Waals surface area contributed by atoms with Gasteiger partial charge in [0.25, 0.3) is 5.56 Å². The molecule has 1 aliphatic rings. The molecule has 124 valence electrons. The molecule has 0 atom stereocenters. The zero-order chi connectivity index (χ0) is 16.7. The summed E-state index contributed by atoms with van der Waals surface area (Å²) in [5.74, 6) is 0.433. The number of fused-ring (bicyclic) bond motifs is 3. The van der Waals surface area contributed by atoms with Gasteiger partial charge in [-0.2, -0.15) is 0 Å². The highest BCUT2D eigenvalue weighted by atomic mass is 16.2. The van der Waals surface area contributed by atoms with Crippen LogP contribution >= 0.6 is 0 Å². The predicted octanol–water partition coefficient (Wildman–Crippen LogP) is 0.806. The summed E-state index contributed by atoms with van der Waals surface area (Å²) in [6.07, 6.45) is 5.94. The van der Waals surface area contributed by atoms with Crippen molar-refractivity contribution in [3.63, 3.8) is 0 Å². The molecule has 0 aromatic carbocycles. The van der Waals surface area contributed by atoms with Gasteiger partial charge in [0.2, 0.25) is 11.6 Å². The fourth-order valence-corrected chi connectivity index (χ4v) is 3.40. The summed E-state index contributed by atoms with van der Waals surface area (Å²) in [5, 5.41) is 10.9. The van der Waals surface area contributed by atoms with E-state index in [0.717, 1.165) is 25.7 Å². The van der Waals surface area contributed by atoms with Crippen molar-refractivity contribution in [3.05, 3.63) is 34.5 Å². The third-order valence-corrected chi connectivity index (χ3v) is 4.55. The molecule has 8 heteroatoms. The third-order valence-electron chi connectivity index (χ3n) is 4.55. The summed E-state index contributed by atoms with van der Waals surface area (Å²) < 4.78 is 3.05. The van der Waals surface area contributed by atoms with Gasteiger partial charge in [-0.15, -0.1) is 10.2 Å². The molecule has 1 N–H and O–H groups in total. The molecule has 24 heavy (non-hydrogen) atoms. The molecule has 0 saturated heterocycles. The maximum absolute atomic E-state index is 12.8. The van der Waals surface area contributed by atoms with E-state index in [9.17, 15) is 9.59 Å². The van der Waals surface area contributed by atoms with E-state index in [2.05, 4.69) is 20.5 Å². The Morgan fingerprint density at radius 1 is 1.29 bits per heavy atom. The van der Waals surface area contributed by atoms with E-state index < -0.39 is 0 Å². The Morgan fingerprint density at radius 3 is 2.88 bits per heavy atom. The number of amides is 1. The van der Waals surface area contributed by atoms with Crippen LogP contribution < -0.4 is 10.9 Å². The van der Waals surface area contributed by atoms with Gasteiger partial charge in [-0.3, -0.25) is 18.6 Å². The van der Waals surface area contributed by atoms with Crippen molar-refractivity contribution in [3.8, 4) is 0 Å². The molecule has 1 aliphatic carbocycles. The second kappa shape index (κ2) is 5.70. The highest BCUT2D eigenvalue weighted by Crippen LogP contribution is 2.18. The monoisotopic (exact) mass is 326 g/mol. The standard InChI is InChI=1S/C16H18N6O2/c1-10-19-20-15-16(24)21(9-13(23)18-11-5-2-3-6-11)12-7-4-8-17-14(12)22(10)15/h4,7-8,11H,2-3,5-6,9H2,1H3,(H,18,23). The van der Waals surface area contributed by atoms with Gasteiger partial charge in [-0.05, 0) is 31.9 Å². The summed E-state index contributed by atoms with van der Waals surface area (Å²) >= 11 is 0. The Balaban J connectivity index is 1.80. The van der Waals surface area contributed by atoms with Crippen LogP contribution in [0.2, 0.25) is 0 Å². The zero-order valence-electron chi connectivity index (χ0n) is 13.4. The van der Waals surface area contributed by atoms with E-state index in [1.54, 1.807) is 29.7 Å². The lowest BCUT2D eigenvalue weighted by molar-refractivity contribution is -0.122. The SMILES string of the molecule is Cc1nnc2c(=O)n(CC(=O)NC3CCCC3)c3cccnc3n12. The van der Waals surface area contributed by atoms with Crippen molar-refractivity contribution in [2.24, 2.45) is 0 Å². The molecule has 1 saturated carbocycles. The number of carbonyl (C=O) groups is 1. The minimum absolute atomic E-state index is 0.0417. The van der Waals surface area contributed by atoms with Crippen LogP contribution in [-0.2, 0) is 11.3 Å². The van der Waals surface area contributed by atoms with Crippen LogP contribution in [-0.4, -0.2) is 36.1 Å². The third kappa shape index (κ3) is 2.34. The summed E-state index contributed by atoms with van der Waals surface area (Å²) in [7, 11) is 0. The van der Waals surface area contributed by atoms with Gasteiger partial charge in [-0.25, -0.2) is 4.98 Å². The summed E-state index contributed by atoms with van der Waals surface area (Å²) in [5.41, 5.74) is 1.02. The smallest absolute Gasteiger partial charge is 0.297 e. The van der Waals surface area contributed by atoms with E-state index in [0.29, 0.717) is 17.0 Å². The number of nitrogens with one attached hydrogen (secondary N) is 1. The molecule has 0 radical (unpaired) electrons. The summed E-state index contributed by atoms with van der Waals surface area (Å²) in [6, 6.07) is 3.75. The fraction of sp³-hybridized carbons (Fsp3) is 0.438. The topological polar surface area (TPSA) is 94.2 Å². The maximum Gasteiger partial charge on any atom is 0.297 e. The van der Waals surface area contributed by atoms with Gasteiger partial charge in [-0.1, -0.05) is 12.8 Å². The first-order valence-corrected chi connectivity index (χ1v) is 8.14. The Kier molecular flexibility index (Phi) is 3.51. The first-order valence-electron chi connectivity index (χ1n) is 8.14. The second-order valence-corrected chi connectivity index (χ2v) is 6.19. The highest BCUT2D eigenvalue weighted by molar-refractivity contribution is 5.80. The molecule has 8 nitrogen and oxygen atoms in total. The number of carbonyl (C=O) groups excluding carboxylic acids is 1. The quantitative estimate of drug-likeness (QED) is 0.768. The first-order chi connectivity index (χ1) is 11.6. The summed E-state index contributed by atoms with van der Waals surface area (Å²) in [4.78, 5) is 29.5. The van der Waals surface area contributed by atoms with Crippen LogP contribution in [0.3, 0.4) is 0 Å². The Morgan fingerprint density at radius 2 is 2.08 bits per heavy atom. The predicted molar refractivity (Wildman–Crippen MR) is 87.7 cm³/mol. The molecule has 0 unspecified atom stereocenters. The van der Waals surface area contributed by atoms with E-state index in [1.165, 1.54) is 4.57 Å². The number of pyridine rings is 1. The fourth-order valence-electron chi connectivity index (χ4n) is 3.40. The van der Waals surface area contributed by atoms with Crippen molar-refractivity contribution in [1.82, 2.24) is 29.5 Å². The van der Waals surface area contributed by atoms with E-state index in [1.807, 2.05) is 0 Å². The van der Waals surface area contributed by atoms with Crippen molar-refractivity contribution in [2.75, 3.05) is 0 Å². The Labute approximate surface area is 137 Å². The number of hydrogen-bond acceptors (Lipinski definition) is 5. The minimum Gasteiger partial charge on any atom is -0.352 e. The molecule has 0 aliphatic heterocycles. The van der Waals surface area contributed by atoms with Gasteiger partial charge in [0.1, 0.15) is 12.4 Å². The van der Waals surface area contributed by atoms with Gasteiger partial charge in [0.15, 0.2) is 5.65 Å². The van der Waals surface area contributed by atoms with Gasteiger partial charge in [0.05, 0.1) is 5.52 Å². The van der Waals surface area contributed by atoms with Gasteiger partial charge >= 0.3 is 0 Å². The number of nitrogens with zero attached hydrogens (tertiary/aromatic N) is 5. The number of hydrogen-bond donors (Lipinski definition) is 1. The van der Waals surface area contributed by atoms with E-state index in [4.69, 9.17) is 0 Å². The van der Waals surface area contributed by atoms with Crippen molar-refractivity contribution in [1.29, 1.82) is 0 Å². The first kappa shape index (κ1) is 14.8. The molecule has 3 aromatic heterocycles. The summed E-state index contributed by atoms with van der Waals surface area (Å²) in [6.45, 7) is 1.73. The van der Waals surface area contributed by atoms with E-state index >= 15 is 0 Å². The Bertz CT molecular complexity index is 983. The largest absolute Gasteiger partial charge is 0.352 e. The van der Waals surface area contributed by atoms with Crippen LogP contribution in [0.25, 0.3) is 16.8 Å². The molecular weight excluding hydrogens is 308 g/mol. The number of aryl methyl sites for hydroxylation is 1. The minimum atomic E-state index is -0.335. The van der Waals surface area contributed by atoms with Crippen LogP contribution in [0.15, 0.2) is 23.1 Å². The van der Waals surface area contributed by atoms with Crippen molar-refractivity contribution in [2.45, 2.75) is 45.2 Å². The van der Waals surface area contributed by atoms with Crippen LogP contribution in [0.4, 0.5) is 0 Å². The molecule has 1 amide bonds. The van der Waals surface area contributed by atoms with Crippen LogP contribution in [0, 0.1) is 6.92 Å². The normalized spacial score (nSPS) is 15.4. The van der Waals surface area contributed by atoms with Crippen molar-refractivity contribution < 1.29 is 4.79 Å². The molecular formula is C16H18N6O2. The highest BCUT2D eigenvalue weighted by Gasteiger charge is 2.20. The molecule has 3 aromatic rings. The second-order valence-electron chi connectivity index (χ2n) is 6.19. The molecule has 0 spiro atoms. The lowest BCUT2D eigenvalue weighted by Crippen LogP contribution is -2.38. The lowest BCUT2D eigenvalue weighted by Gasteiger charge is -2.14. The molecule has 1 fully saturated rings. The number of rotatable bonds is 3. The van der Waals surface area contributed by atoms with Crippen LogP contribution in [0.5, 0.6) is 0 Å². The van der Waals surface area contributed by atoms with E-state index in [-0.39, 0.29) is 29.7 Å². The molecule has 3 heterocycles. The van der Waals surface area contributed by atoms with Crippen LogP contribution in [0.1, 0.15) is 31.5 Å². The lowest BCUT2D eigenvalue weighted by atomic mass is 10.2.